The van der Waals surface area contributed by atoms with Crippen molar-refractivity contribution >= 4 is 40.5 Å². The molecule has 138 valence electrons. The second-order valence-corrected chi connectivity index (χ2v) is 6.95. The van der Waals surface area contributed by atoms with E-state index in [9.17, 15) is 4.79 Å². The first-order chi connectivity index (χ1) is 12.3. The molecular formula is C19H22ClN3O2S. The smallest absolute Gasteiger partial charge is 0.276 e. The number of nitrogens with one attached hydrogen (secondary N) is 3. The minimum Gasteiger partial charge on any atom is -0.483 e. The molecule has 0 saturated heterocycles. The second kappa shape index (κ2) is 9.40. The van der Waals surface area contributed by atoms with Gasteiger partial charge in [-0.2, -0.15) is 0 Å². The Labute approximate surface area is 164 Å². The van der Waals surface area contributed by atoms with Crippen molar-refractivity contribution < 1.29 is 9.53 Å². The Morgan fingerprint density at radius 3 is 2.50 bits per heavy atom. The van der Waals surface area contributed by atoms with E-state index in [1.54, 1.807) is 24.3 Å². The molecule has 0 aliphatic carbocycles. The van der Waals surface area contributed by atoms with Gasteiger partial charge in [0, 0.05) is 10.7 Å². The number of carbonyl (C=O) groups is 1. The number of benzene rings is 2. The number of anilines is 1. The largest absolute Gasteiger partial charge is 0.483 e. The average Bonchev–Trinajstić information content (AvgIpc) is 2.61. The minimum absolute atomic E-state index is 0.112. The Bertz CT molecular complexity index is 779. The topological polar surface area (TPSA) is 62.4 Å². The molecule has 0 unspecified atom stereocenters. The van der Waals surface area contributed by atoms with E-state index in [0.29, 0.717) is 16.7 Å². The molecule has 0 aromatic heterocycles. The number of amides is 1. The lowest BCUT2D eigenvalue weighted by atomic mass is 10.0. The molecule has 0 atom stereocenters. The van der Waals surface area contributed by atoms with Gasteiger partial charge in [0.1, 0.15) is 5.75 Å². The average molecular weight is 392 g/mol. The maximum Gasteiger partial charge on any atom is 0.276 e. The van der Waals surface area contributed by atoms with E-state index in [0.717, 1.165) is 16.8 Å². The van der Waals surface area contributed by atoms with Gasteiger partial charge in [0.25, 0.3) is 5.91 Å². The summed E-state index contributed by atoms with van der Waals surface area (Å²) in [6, 6.07) is 13.1. The summed E-state index contributed by atoms with van der Waals surface area (Å²) in [7, 11) is 0. The van der Waals surface area contributed by atoms with Gasteiger partial charge in [0.15, 0.2) is 11.7 Å². The van der Waals surface area contributed by atoms with Crippen molar-refractivity contribution in [3.63, 3.8) is 0 Å². The molecule has 0 bridgehead atoms. The fourth-order valence-electron chi connectivity index (χ4n) is 2.13. The third-order valence-corrected chi connectivity index (χ3v) is 4.11. The van der Waals surface area contributed by atoms with Crippen molar-refractivity contribution in [2.75, 3.05) is 11.9 Å². The Morgan fingerprint density at radius 1 is 1.15 bits per heavy atom. The molecule has 0 saturated carbocycles. The molecule has 0 fully saturated rings. The lowest BCUT2D eigenvalue weighted by Crippen LogP contribution is -2.45. The zero-order valence-electron chi connectivity index (χ0n) is 14.9. The Morgan fingerprint density at radius 2 is 1.85 bits per heavy atom. The molecule has 26 heavy (non-hydrogen) atoms. The predicted molar refractivity (Wildman–Crippen MR) is 110 cm³/mol. The number of halogens is 1. The van der Waals surface area contributed by atoms with Crippen molar-refractivity contribution in [1.82, 2.24) is 10.9 Å². The maximum absolute atomic E-state index is 11.9. The first-order valence-electron chi connectivity index (χ1n) is 8.20. The Kier molecular flexibility index (Phi) is 7.24. The van der Waals surface area contributed by atoms with Gasteiger partial charge in [-0.1, -0.05) is 37.6 Å². The number of hydrogen-bond donors (Lipinski definition) is 3. The normalized spacial score (nSPS) is 10.3. The molecule has 2 rings (SSSR count). The summed E-state index contributed by atoms with van der Waals surface area (Å²) < 4.78 is 5.62. The van der Waals surface area contributed by atoms with Gasteiger partial charge in [0.2, 0.25) is 0 Å². The van der Waals surface area contributed by atoms with Crippen molar-refractivity contribution in [2.45, 2.75) is 26.7 Å². The van der Waals surface area contributed by atoms with Crippen molar-refractivity contribution in [3.05, 3.63) is 58.6 Å². The van der Waals surface area contributed by atoms with Crippen LogP contribution in [0.2, 0.25) is 5.02 Å². The van der Waals surface area contributed by atoms with Gasteiger partial charge < -0.3 is 10.1 Å². The van der Waals surface area contributed by atoms with Crippen LogP contribution in [0.3, 0.4) is 0 Å². The monoisotopic (exact) mass is 391 g/mol. The molecule has 0 radical (unpaired) electrons. The number of ether oxygens (including phenoxy) is 1. The van der Waals surface area contributed by atoms with Crippen LogP contribution in [0.25, 0.3) is 0 Å². The molecule has 0 heterocycles. The number of rotatable bonds is 5. The first kappa shape index (κ1) is 20.0. The summed E-state index contributed by atoms with van der Waals surface area (Å²) >= 11 is 10.9. The summed E-state index contributed by atoms with van der Waals surface area (Å²) in [6.45, 7) is 6.05. The fourth-order valence-corrected chi connectivity index (χ4v) is 2.43. The van der Waals surface area contributed by atoms with Crippen LogP contribution >= 0.6 is 23.8 Å². The molecule has 2 aromatic carbocycles. The lowest BCUT2D eigenvalue weighted by Gasteiger charge is -2.14. The number of thiocarbonyl (C=S) groups is 1. The van der Waals surface area contributed by atoms with Gasteiger partial charge in [-0.15, -0.1) is 0 Å². The van der Waals surface area contributed by atoms with Crippen LogP contribution in [0.5, 0.6) is 5.75 Å². The van der Waals surface area contributed by atoms with Crippen LogP contribution < -0.4 is 20.9 Å². The fraction of sp³-hybridized carbons (Fsp3) is 0.263. The van der Waals surface area contributed by atoms with E-state index in [1.807, 2.05) is 19.1 Å². The van der Waals surface area contributed by atoms with Gasteiger partial charge >= 0.3 is 0 Å². The number of aryl methyl sites for hydroxylation is 1. The highest BCUT2D eigenvalue weighted by atomic mass is 35.5. The van der Waals surface area contributed by atoms with Crippen LogP contribution in [0.4, 0.5) is 5.69 Å². The minimum atomic E-state index is -0.334. The number of hydrazine groups is 1. The third-order valence-electron chi connectivity index (χ3n) is 3.66. The highest BCUT2D eigenvalue weighted by Crippen LogP contribution is 2.24. The summed E-state index contributed by atoms with van der Waals surface area (Å²) in [6.07, 6.45) is 0. The molecule has 2 aromatic rings. The van der Waals surface area contributed by atoms with Crippen LogP contribution in [0.1, 0.15) is 30.9 Å². The summed E-state index contributed by atoms with van der Waals surface area (Å²) in [4.78, 5) is 11.9. The standard InChI is InChI=1S/C19H22ClN3O2S/c1-12(2)14-5-4-13(3)17(10-14)25-11-18(24)22-23-19(26)21-16-8-6-15(20)7-9-16/h4-10,12H,11H2,1-3H3,(H,22,24)(H2,21,23,26). The molecule has 7 heteroatoms. The Balaban J connectivity index is 1.79. The molecule has 0 aliphatic rings. The third kappa shape index (κ3) is 6.20. The number of carbonyl (C=O) groups excluding carboxylic acids is 1. The zero-order valence-corrected chi connectivity index (χ0v) is 16.5. The van der Waals surface area contributed by atoms with E-state index in [1.165, 1.54) is 0 Å². The molecule has 0 spiro atoms. The van der Waals surface area contributed by atoms with E-state index in [-0.39, 0.29) is 17.6 Å². The van der Waals surface area contributed by atoms with Crippen LogP contribution in [-0.4, -0.2) is 17.6 Å². The van der Waals surface area contributed by atoms with E-state index in [4.69, 9.17) is 28.6 Å². The lowest BCUT2D eigenvalue weighted by molar-refractivity contribution is -0.123. The second-order valence-electron chi connectivity index (χ2n) is 6.10. The van der Waals surface area contributed by atoms with E-state index < -0.39 is 0 Å². The van der Waals surface area contributed by atoms with Gasteiger partial charge in [-0.3, -0.25) is 15.6 Å². The number of hydrogen-bond acceptors (Lipinski definition) is 3. The Hall–Kier alpha value is -2.31. The van der Waals surface area contributed by atoms with E-state index >= 15 is 0 Å². The van der Waals surface area contributed by atoms with Crippen LogP contribution in [0.15, 0.2) is 42.5 Å². The molecule has 1 amide bonds. The van der Waals surface area contributed by atoms with Crippen molar-refractivity contribution in [1.29, 1.82) is 0 Å². The van der Waals surface area contributed by atoms with Gasteiger partial charge in [0.05, 0.1) is 0 Å². The SMILES string of the molecule is Cc1ccc(C(C)C)cc1OCC(=O)NNC(=S)Nc1ccc(Cl)cc1. The van der Waals surface area contributed by atoms with E-state index in [2.05, 4.69) is 36.1 Å². The quantitative estimate of drug-likeness (QED) is 0.527. The van der Waals surface area contributed by atoms with Crippen LogP contribution in [-0.2, 0) is 4.79 Å². The van der Waals surface area contributed by atoms with Crippen LogP contribution in [0, 0.1) is 6.92 Å². The molecular weight excluding hydrogens is 370 g/mol. The summed E-state index contributed by atoms with van der Waals surface area (Å²) in [5, 5.41) is 3.83. The van der Waals surface area contributed by atoms with Gasteiger partial charge in [-0.25, -0.2) is 0 Å². The zero-order chi connectivity index (χ0) is 19.1. The molecule has 0 aliphatic heterocycles. The highest BCUT2D eigenvalue weighted by Gasteiger charge is 2.08. The predicted octanol–water partition coefficient (Wildman–Crippen LogP) is 4.17. The summed E-state index contributed by atoms with van der Waals surface area (Å²) in [5.74, 6) is 0.762. The molecule has 3 N–H and O–H groups in total. The highest BCUT2D eigenvalue weighted by molar-refractivity contribution is 7.80. The summed E-state index contributed by atoms with van der Waals surface area (Å²) in [5.41, 5.74) is 8.04. The van der Waals surface area contributed by atoms with Crippen molar-refractivity contribution in [3.8, 4) is 5.75 Å². The first-order valence-corrected chi connectivity index (χ1v) is 8.98. The molecule has 5 nitrogen and oxygen atoms in total. The van der Waals surface area contributed by atoms with Gasteiger partial charge in [-0.05, 0) is 66.5 Å². The van der Waals surface area contributed by atoms with Crippen molar-refractivity contribution in [2.24, 2.45) is 0 Å². The maximum atomic E-state index is 11.9.